The first-order valence-electron chi connectivity index (χ1n) is 3.23. The van der Waals surface area contributed by atoms with Crippen LogP contribution >= 0.6 is 0 Å². The highest BCUT2D eigenvalue weighted by atomic mass is 16.1. The van der Waals surface area contributed by atoms with E-state index in [1.807, 2.05) is 6.08 Å². The molecule has 0 aliphatic carbocycles. The first-order chi connectivity index (χ1) is 4.41. The van der Waals surface area contributed by atoms with E-state index in [-0.39, 0.29) is 0 Å². The van der Waals surface area contributed by atoms with Gasteiger partial charge in [-0.2, -0.15) is 0 Å². The molecule has 1 heteroatoms. The normalized spacial score (nSPS) is 7.22. The molecular weight excluding hydrogens is 112 g/mol. The van der Waals surface area contributed by atoms with Gasteiger partial charge in [0, 0.05) is 0 Å². The summed E-state index contributed by atoms with van der Waals surface area (Å²) in [5, 5.41) is 0. The summed E-state index contributed by atoms with van der Waals surface area (Å²) in [6.07, 6.45) is 7.16. The Balaban J connectivity index is 0. The summed E-state index contributed by atoms with van der Waals surface area (Å²) in [5.74, 6) is 0. The molecule has 9 heavy (non-hydrogen) atoms. The van der Waals surface area contributed by atoms with Gasteiger partial charge in [-0.1, -0.05) is 25.8 Å². The number of rotatable bonds is 4. The predicted molar refractivity (Wildman–Crippen MR) is 40.0 cm³/mol. The molecule has 0 saturated heterocycles. The van der Waals surface area contributed by atoms with Crippen molar-refractivity contribution < 1.29 is 4.79 Å². The number of unbranched alkanes of at least 4 members (excludes halogenated alkanes) is 3. The Bertz CT molecular complexity index is 50.5. The van der Waals surface area contributed by atoms with Crippen molar-refractivity contribution >= 4 is 6.79 Å². The molecule has 0 aromatic carbocycles. The molecule has 52 valence electrons. The highest BCUT2D eigenvalue weighted by molar-refractivity contribution is 5.12. The lowest BCUT2D eigenvalue weighted by atomic mass is 10.2. The molecule has 0 heterocycles. The Kier molecular flexibility index (Phi) is 19.5. The Labute approximate surface area is 57.8 Å². The minimum atomic E-state index is 1.19. The topological polar surface area (TPSA) is 17.1 Å². The van der Waals surface area contributed by atoms with Gasteiger partial charge in [0.15, 0.2) is 0 Å². The van der Waals surface area contributed by atoms with Crippen LogP contribution in [-0.2, 0) is 4.79 Å². The second-order valence-electron chi connectivity index (χ2n) is 1.78. The maximum absolute atomic E-state index is 7.50. The highest BCUT2D eigenvalue weighted by Gasteiger charge is 1.77. The van der Waals surface area contributed by atoms with E-state index in [4.69, 9.17) is 4.79 Å². The average Bonchev–Trinajstić information content (AvgIpc) is 1.94. The summed E-state index contributed by atoms with van der Waals surface area (Å²) in [6.45, 7) is 10.3. The summed E-state index contributed by atoms with van der Waals surface area (Å²) in [7, 11) is 0. The maximum Gasteiger partial charge on any atom is 0.281 e. The van der Waals surface area contributed by atoms with Crippen molar-refractivity contribution in [2.75, 3.05) is 0 Å². The van der Waals surface area contributed by atoms with Crippen molar-refractivity contribution in [3.05, 3.63) is 12.7 Å². The van der Waals surface area contributed by atoms with E-state index in [2.05, 4.69) is 20.3 Å². The lowest BCUT2D eigenvalue weighted by Crippen LogP contribution is -1.67. The second kappa shape index (κ2) is 15.7. The third-order valence-corrected chi connectivity index (χ3v) is 1.01. The van der Waals surface area contributed by atoms with E-state index < -0.39 is 0 Å². The fourth-order valence-corrected chi connectivity index (χ4v) is 0.539. The summed E-state index contributed by atoms with van der Waals surface area (Å²) < 4.78 is 0. The Morgan fingerprint density at radius 1 is 1.44 bits per heavy atom. The monoisotopic (exact) mass is 126 g/mol. The van der Waals surface area contributed by atoms with Crippen molar-refractivity contribution in [3.8, 4) is 0 Å². The van der Waals surface area contributed by atoms with Gasteiger partial charge >= 0.3 is 0 Å². The van der Waals surface area contributed by atoms with Crippen LogP contribution in [0, 0.1) is 0 Å². The molecule has 0 aromatic rings. The van der Waals surface area contributed by atoms with Crippen LogP contribution in [0.4, 0.5) is 0 Å². The van der Waals surface area contributed by atoms with Crippen molar-refractivity contribution in [1.29, 1.82) is 0 Å². The molecule has 0 bridgehead atoms. The van der Waals surface area contributed by atoms with Crippen LogP contribution in [0.15, 0.2) is 12.7 Å². The molecule has 0 aromatic heterocycles. The minimum Gasteiger partial charge on any atom is -0.281 e. The molecule has 0 aliphatic rings. The van der Waals surface area contributed by atoms with Crippen LogP contribution in [0.1, 0.15) is 32.6 Å². The van der Waals surface area contributed by atoms with Gasteiger partial charge in [-0.05, 0) is 12.8 Å². The fourth-order valence-electron chi connectivity index (χ4n) is 0.539. The molecule has 0 spiro atoms. The van der Waals surface area contributed by atoms with Crippen LogP contribution in [-0.4, -0.2) is 6.79 Å². The average molecular weight is 126 g/mol. The smallest absolute Gasteiger partial charge is 0.281 e. The number of carbonyl (C=O) groups excluding carboxylic acids is 1. The first kappa shape index (κ1) is 11.2. The first-order valence-corrected chi connectivity index (χ1v) is 3.23. The van der Waals surface area contributed by atoms with Crippen molar-refractivity contribution in [3.63, 3.8) is 0 Å². The Hall–Kier alpha value is -0.590. The molecular formula is C8H14O. The molecule has 1 nitrogen and oxygen atoms in total. The lowest BCUT2D eigenvalue weighted by Gasteiger charge is -1.87. The molecule has 0 unspecified atom stereocenters. The predicted octanol–water partition coefficient (Wildman–Crippen LogP) is 2.36. The zero-order valence-corrected chi connectivity index (χ0v) is 6.02. The molecule has 0 aliphatic heterocycles. The van der Waals surface area contributed by atoms with Gasteiger partial charge in [0.2, 0.25) is 0 Å². The third kappa shape index (κ3) is 18.7. The summed E-state index contributed by atoms with van der Waals surface area (Å²) in [6, 6.07) is 0. The van der Waals surface area contributed by atoms with Gasteiger partial charge in [0.1, 0.15) is 0 Å². The van der Waals surface area contributed by atoms with Crippen LogP contribution in [0.25, 0.3) is 0 Å². The van der Waals surface area contributed by atoms with Crippen molar-refractivity contribution in [2.45, 2.75) is 32.6 Å². The van der Waals surface area contributed by atoms with E-state index in [9.17, 15) is 0 Å². The standard InChI is InChI=1S/C7H14.CO/c1-3-5-7-6-4-2;1-2/h3H,1,4-7H2,2H3;. The number of allylic oxidation sites excluding steroid dienone is 1. The summed E-state index contributed by atoms with van der Waals surface area (Å²) >= 11 is 0. The van der Waals surface area contributed by atoms with Crippen LogP contribution in [0.5, 0.6) is 0 Å². The summed E-state index contributed by atoms with van der Waals surface area (Å²) in [5.41, 5.74) is 0. The molecule has 0 rings (SSSR count). The number of hydrogen-bond donors (Lipinski definition) is 0. The zero-order chi connectivity index (χ0) is 7.54. The van der Waals surface area contributed by atoms with E-state index in [0.29, 0.717) is 0 Å². The van der Waals surface area contributed by atoms with Gasteiger partial charge < -0.3 is 0 Å². The van der Waals surface area contributed by atoms with Crippen LogP contribution in [0.3, 0.4) is 0 Å². The fraction of sp³-hybridized carbons (Fsp3) is 0.625. The maximum atomic E-state index is 7.50. The molecule has 0 amide bonds. The molecule has 0 atom stereocenters. The van der Waals surface area contributed by atoms with E-state index >= 15 is 0 Å². The van der Waals surface area contributed by atoms with Gasteiger partial charge in [0.05, 0.1) is 0 Å². The van der Waals surface area contributed by atoms with E-state index in [1.165, 1.54) is 25.7 Å². The molecule has 2 radical (unpaired) electrons. The van der Waals surface area contributed by atoms with Crippen molar-refractivity contribution in [1.82, 2.24) is 0 Å². The van der Waals surface area contributed by atoms with Gasteiger partial charge in [-0.15, -0.1) is 6.58 Å². The molecule has 0 saturated carbocycles. The van der Waals surface area contributed by atoms with Crippen molar-refractivity contribution in [2.24, 2.45) is 0 Å². The second-order valence-corrected chi connectivity index (χ2v) is 1.78. The quantitative estimate of drug-likeness (QED) is 0.417. The van der Waals surface area contributed by atoms with Crippen LogP contribution < -0.4 is 0 Å². The Morgan fingerprint density at radius 3 is 2.33 bits per heavy atom. The van der Waals surface area contributed by atoms with Gasteiger partial charge in [-0.3, -0.25) is 4.79 Å². The van der Waals surface area contributed by atoms with Gasteiger partial charge in [0.25, 0.3) is 6.79 Å². The van der Waals surface area contributed by atoms with Crippen LogP contribution in [0.2, 0.25) is 0 Å². The van der Waals surface area contributed by atoms with E-state index in [0.717, 1.165) is 0 Å². The number of hydrogen-bond acceptors (Lipinski definition) is 1. The SMILES string of the molecule is C=CCCCCC.[C]=O. The lowest BCUT2D eigenvalue weighted by molar-refractivity contribution is 0.574. The minimum absolute atomic E-state index is 1.19. The van der Waals surface area contributed by atoms with Gasteiger partial charge in [-0.25, -0.2) is 0 Å². The van der Waals surface area contributed by atoms with E-state index in [1.54, 1.807) is 0 Å². The highest BCUT2D eigenvalue weighted by Crippen LogP contribution is 1.97. The molecule has 0 N–H and O–H groups in total. The Morgan fingerprint density at radius 2 is 2.00 bits per heavy atom. The zero-order valence-electron chi connectivity index (χ0n) is 6.02. The third-order valence-electron chi connectivity index (χ3n) is 1.01. The summed E-state index contributed by atoms with van der Waals surface area (Å²) in [4.78, 5) is 7.50. The molecule has 0 fully saturated rings. The largest absolute Gasteiger partial charge is 0.281 e.